The molecule has 1 heterocycles. The van der Waals surface area contributed by atoms with Crippen molar-refractivity contribution in [2.24, 2.45) is 5.92 Å². The van der Waals surface area contributed by atoms with Crippen LogP contribution in [0.4, 0.5) is 4.79 Å². The molecule has 0 aliphatic carbocycles. The molecule has 1 aliphatic rings. The molecule has 23 heavy (non-hydrogen) atoms. The number of rotatable bonds is 5. The average molecular weight is 328 g/mol. The molecule has 2 unspecified atom stereocenters. The number of likely N-dealkylation sites (N-methyl/N-ethyl adjacent to an activating group) is 1. The molecule has 0 aromatic carbocycles. The first-order valence-electron chi connectivity index (χ1n) is 7.93. The fourth-order valence-electron chi connectivity index (χ4n) is 2.99. The third-order valence-corrected chi connectivity index (χ3v) is 4.02. The molecule has 1 fully saturated rings. The topological polar surface area (TPSA) is 95.9 Å². The van der Waals surface area contributed by atoms with E-state index in [9.17, 15) is 19.5 Å². The Balaban J connectivity index is 3.23. The van der Waals surface area contributed by atoms with E-state index in [2.05, 4.69) is 5.32 Å². The average Bonchev–Trinajstić information content (AvgIpc) is 2.82. The van der Waals surface area contributed by atoms with Crippen LogP contribution in [0, 0.1) is 5.92 Å². The fourth-order valence-corrected chi connectivity index (χ4v) is 2.99. The molecule has 0 aromatic rings. The Morgan fingerprint density at radius 1 is 1.26 bits per heavy atom. The van der Waals surface area contributed by atoms with Crippen molar-refractivity contribution in [3.8, 4) is 0 Å². The molecule has 1 aliphatic heterocycles. The van der Waals surface area contributed by atoms with Gasteiger partial charge in [-0.2, -0.15) is 0 Å². The summed E-state index contributed by atoms with van der Waals surface area (Å²) < 4.78 is 5.30. The van der Waals surface area contributed by atoms with Gasteiger partial charge in [0.25, 0.3) is 0 Å². The van der Waals surface area contributed by atoms with E-state index in [0.29, 0.717) is 6.42 Å². The Morgan fingerprint density at radius 2 is 1.83 bits per heavy atom. The van der Waals surface area contributed by atoms with Gasteiger partial charge in [0.05, 0.1) is 6.04 Å². The molecule has 132 valence electrons. The zero-order valence-corrected chi connectivity index (χ0v) is 14.8. The van der Waals surface area contributed by atoms with Crippen molar-refractivity contribution >= 4 is 17.8 Å². The first-order chi connectivity index (χ1) is 10.5. The molecule has 1 rings (SSSR count). The predicted molar refractivity (Wildman–Crippen MR) is 85.2 cm³/mol. The Labute approximate surface area is 137 Å². The van der Waals surface area contributed by atoms with Crippen molar-refractivity contribution in [1.82, 2.24) is 10.2 Å². The van der Waals surface area contributed by atoms with E-state index in [-0.39, 0.29) is 18.9 Å². The number of ketones is 1. The number of likely N-dealkylation sites (tertiary alicyclic amines) is 1. The Hall–Kier alpha value is -1.63. The number of ether oxygens (including phenoxy) is 1. The van der Waals surface area contributed by atoms with Crippen LogP contribution in [0.1, 0.15) is 47.5 Å². The number of carboxylic acid groups (broad SMARTS) is 1. The van der Waals surface area contributed by atoms with E-state index in [4.69, 9.17) is 4.74 Å². The van der Waals surface area contributed by atoms with Crippen LogP contribution < -0.4 is 5.32 Å². The van der Waals surface area contributed by atoms with Gasteiger partial charge in [0.1, 0.15) is 5.60 Å². The third kappa shape index (κ3) is 3.83. The fraction of sp³-hybridized carbons (Fsp3) is 0.812. The van der Waals surface area contributed by atoms with Gasteiger partial charge in [0, 0.05) is 6.54 Å². The number of aliphatic carboxylic acids is 1. The van der Waals surface area contributed by atoms with Crippen molar-refractivity contribution in [3.05, 3.63) is 0 Å². The number of carboxylic acids is 1. The summed E-state index contributed by atoms with van der Waals surface area (Å²) in [6.07, 6.45) is -0.207. The molecule has 2 atom stereocenters. The van der Waals surface area contributed by atoms with Crippen molar-refractivity contribution in [2.45, 2.75) is 64.6 Å². The second-order valence-electron chi connectivity index (χ2n) is 7.28. The SMILES string of the molecule is CNC(C(=O)C1(C(=O)O)CCCN1C(=O)OC(C)(C)C)C(C)C. The van der Waals surface area contributed by atoms with Gasteiger partial charge in [-0.1, -0.05) is 13.8 Å². The van der Waals surface area contributed by atoms with E-state index in [1.54, 1.807) is 27.8 Å². The van der Waals surface area contributed by atoms with Gasteiger partial charge < -0.3 is 15.2 Å². The molecule has 7 heteroatoms. The van der Waals surface area contributed by atoms with Gasteiger partial charge in [-0.15, -0.1) is 0 Å². The van der Waals surface area contributed by atoms with Crippen LogP contribution in [0.2, 0.25) is 0 Å². The maximum absolute atomic E-state index is 13.0. The highest BCUT2D eigenvalue weighted by molar-refractivity contribution is 6.12. The van der Waals surface area contributed by atoms with Gasteiger partial charge in [-0.05, 0) is 46.6 Å². The summed E-state index contributed by atoms with van der Waals surface area (Å²) in [5, 5.41) is 12.7. The van der Waals surface area contributed by atoms with Gasteiger partial charge >= 0.3 is 12.1 Å². The van der Waals surface area contributed by atoms with Crippen molar-refractivity contribution in [1.29, 1.82) is 0 Å². The Morgan fingerprint density at radius 3 is 2.22 bits per heavy atom. The number of carbonyl (C=O) groups excluding carboxylic acids is 2. The van der Waals surface area contributed by atoms with Crippen LogP contribution >= 0.6 is 0 Å². The lowest BCUT2D eigenvalue weighted by atomic mass is 9.83. The second-order valence-corrected chi connectivity index (χ2v) is 7.28. The first-order valence-corrected chi connectivity index (χ1v) is 7.93. The predicted octanol–water partition coefficient (Wildman–Crippen LogP) is 1.65. The summed E-state index contributed by atoms with van der Waals surface area (Å²) in [5.41, 5.74) is -2.62. The van der Waals surface area contributed by atoms with E-state index in [1.165, 1.54) is 0 Å². The lowest BCUT2D eigenvalue weighted by molar-refractivity contribution is -0.156. The smallest absolute Gasteiger partial charge is 0.411 e. The lowest BCUT2D eigenvalue weighted by Gasteiger charge is -2.37. The Bertz CT molecular complexity index is 483. The standard InChI is InChI=1S/C16H28N2O5/c1-10(2)11(17-6)12(19)16(13(20)21)8-7-9-18(16)14(22)23-15(3,4)5/h10-11,17H,7-9H2,1-6H3,(H,20,21). The van der Waals surface area contributed by atoms with Crippen LogP contribution in [-0.2, 0) is 14.3 Å². The largest absolute Gasteiger partial charge is 0.479 e. The van der Waals surface area contributed by atoms with Crippen molar-refractivity contribution in [3.63, 3.8) is 0 Å². The number of amides is 1. The highest BCUT2D eigenvalue weighted by Gasteiger charge is 2.58. The van der Waals surface area contributed by atoms with Gasteiger partial charge in [0.15, 0.2) is 5.78 Å². The summed E-state index contributed by atoms with van der Waals surface area (Å²) in [5.74, 6) is -1.89. The van der Waals surface area contributed by atoms with E-state index < -0.39 is 35.0 Å². The first kappa shape index (κ1) is 19.4. The van der Waals surface area contributed by atoms with Gasteiger partial charge in [-0.3, -0.25) is 9.69 Å². The summed E-state index contributed by atoms with van der Waals surface area (Å²) >= 11 is 0. The van der Waals surface area contributed by atoms with Crippen molar-refractivity contribution < 1.29 is 24.2 Å². The minimum atomic E-state index is -1.86. The normalized spacial score (nSPS) is 23.0. The maximum atomic E-state index is 13.0. The molecular formula is C16H28N2O5. The summed E-state index contributed by atoms with van der Waals surface area (Å²) in [6.45, 7) is 8.98. The number of Topliss-reactive ketones (excluding diaryl/α,β-unsaturated/α-hetero) is 1. The molecule has 2 N–H and O–H groups in total. The molecule has 0 saturated carbocycles. The third-order valence-electron chi connectivity index (χ3n) is 4.02. The van der Waals surface area contributed by atoms with Gasteiger partial charge in [-0.25, -0.2) is 9.59 Å². The molecule has 0 bridgehead atoms. The number of carbonyl (C=O) groups is 3. The molecule has 1 saturated heterocycles. The number of nitrogens with zero attached hydrogens (tertiary/aromatic N) is 1. The van der Waals surface area contributed by atoms with Crippen LogP contribution in [-0.4, -0.2) is 58.6 Å². The maximum Gasteiger partial charge on any atom is 0.411 e. The highest BCUT2D eigenvalue weighted by atomic mass is 16.6. The molecule has 0 radical (unpaired) electrons. The monoisotopic (exact) mass is 328 g/mol. The zero-order chi connectivity index (χ0) is 18.0. The lowest BCUT2D eigenvalue weighted by Crippen LogP contribution is -2.64. The summed E-state index contributed by atoms with van der Waals surface area (Å²) in [6, 6.07) is -0.644. The molecule has 7 nitrogen and oxygen atoms in total. The van der Waals surface area contributed by atoms with E-state index in [0.717, 1.165) is 4.90 Å². The van der Waals surface area contributed by atoms with Crippen LogP contribution in [0.5, 0.6) is 0 Å². The number of nitrogens with one attached hydrogen (secondary N) is 1. The van der Waals surface area contributed by atoms with Crippen molar-refractivity contribution in [2.75, 3.05) is 13.6 Å². The highest BCUT2D eigenvalue weighted by Crippen LogP contribution is 2.34. The van der Waals surface area contributed by atoms with Crippen LogP contribution in [0.25, 0.3) is 0 Å². The second kappa shape index (κ2) is 6.86. The molecular weight excluding hydrogens is 300 g/mol. The molecule has 0 aromatic heterocycles. The summed E-state index contributed by atoms with van der Waals surface area (Å²) in [7, 11) is 1.62. The number of hydrogen-bond acceptors (Lipinski definition) is 5. The molecule has 0 spiro atoms. The minimum absolute atomic E-state index is 0.0928. The Kier molecular flexibility index (Phi) is 5.79. The quantitative estimate of drug-likeness (QED) is 0.745. The van der Waals surface area contributed by atoms with E-state index in [1.807, 2.05) is 13.8 Å². The van der Waals surface area contributed by atoms with Crippen LogP contribution in [0.3, 0.4) is 0 Å². The minimum Gasteiger partial charge on any atom is -0.479 e. The zero-order valence-electron chi connectivity index (χ0n) is 14.8. The molecule has 1 amide bonds. The summed E-state index contributed by atoms with van der Waals surface area (Å²) in [4.78, 5) is 38.5. The number of hydrogen-bond donors (Lipinski definition) is 2. The van der Waals surface area contributed by atoms with Gasteiger partial charge in [0.2, 0.25) is 5.54 Å². The van der Waals surface area contributed by atoms with E-state index >= 15 is 0 Å². The van der Waals surface area contributed by atoms with Crippen LogP contribution in [0.15, 0.2) is 0 Å².